The molecule has 0 radical (unpaired) electrons. The second-order valence-corrected chi connectivity index (χ2v) is 6.69. The minimum Gasteiger partial charge on any atom is -0.465 e. The topological polar surface area (TPSA) is 67.1 Å². The maximum Gasteiger partial charge on any atom is 0.246 e. The van der Waals surface area contributed by atoms with Crippen LogP contribution in [0.15, 0.2) is 28.9 Å². The zero-order valence-corrected chi connectivity index (χ0v) is 14.8. The third kappa shape index (κ3) is 3.51. The molecule has 2 aromatic heterocycles. The highest BCUT2D eigenvalue weighted by molar-refractivity contribution is 7.71. The van der Waals surface area contributed by atoms with E-state index in [4.69, 9.17) is 16.6 Å². The fourth-order valence-electron chi connectivity index (χ4n) is 3.11. The lowest BCUT2D eigenvalue weighted by Crippen LogP contribution is -2.37. The van der Waals surface area contributed by atoms with E-state index < -0.39 is 0 Å². The molecule has 0 aromatic carbocycles. The highest BCUT2D eigenvalue weighted by Gasteiger charge is 2.27. The Morgan fingerprint density at radius 3 is 2.83 bits per heavy atom. The molecule has 24 heavy (non-hydrogen) atoms. The summed E-state index contributed by atoms with van der Waals surface area (Å²) >= 11 is 5.32. The van der Waals surface area contributed by atoms with Crippen LogP contribution in [0.2, 0.25) is 0 Å². The third-order valence-electron chi connectivity index (χ3n) is 4.35. The summed E-state index contributed by atoms with van der Waals surface area (Å²) in [4.78, 5) is 14.1. The van der Waals surface area contributed by atoms with Crippen molar-refractivity contribution in [3.05, 3.63) is 40.8 Å². The predicted molar refractivity (Wildman–Crippen MR) is 94.1 cm³/mol. The standard InChI is InChI=1S/C17H22N4O2S/c1-12(2)21-16(18-19-17(21)24)13-7-9-20(10-8-13)15(22)6-5-14-4-3-11-23-14/h3-6,11-13H,7-10H2,1-2H3,(H,19,24). The van der Waals surface area contributed by atoms with E-state index in [0.29, 0.717) is 16.4 Å². The Bertz CT molecular complexity index is 765. The maximum absolute atomic E-state index is 12.3. The van der Waals surface area contributed by atoms with E-state index in [-0.39, 0.29) is 11.9 Å². The fourth-order valence-corrected chi connectivity index (χ4v) is 3.46. The Labute approximate surface area is 146 Å². The largest absolute Gasteiger partial charge is 0.465 e. The number of nitrogens with zero attached hydrogens (tertiary/aromatic N) is 3. The first-order chi connectivity index (χ1) is 11.6. The minimum absolute atomic E-state index is 0.0209. The average molecular weight is 346 g/mol. The third-order valence-corrected chi connectivity index (χ3v) is 4.64. The highest BCUT2D eigenvalue weighted by Crippen LogP contribution is 2.28. The average Bonchev–Trinajstić information content (AvgIpc) is 3.22. The van der Waals surface area contributed by atoms with Gasteiger partial charge in [0, 0.05) is 31.1 Å². The number of H-pyrrole nitrogens is 1. The molecule has 0 atom stereocenters. The number of likely N-dealkylation sites (tertiary alicyclic amines) is 1. The highest BCUT2D eigenvalue weighted by atomic mass is 32.1. The Morgan fingerprint density at radius 1 is 1.46 bits per heavy atom. The summed E-state index contributed by atoms with van der Waals surface area (Å²) in [5, 5.41) is 7.32. The Morgan fingerprint density at radius 2 is 2.21 bits per heavy atom. The summed E-state index contributed by atoms with van der Waals surface area (Å²) in [5.74, 6) is 2.05. The van der Waals surface area contributed by atoms with Gasteiger partial charge in [0.15, 0.2) is 4.77 Å². The van der Waals surface area contributed by atoms with E-state index >= 15 is 0 Å². The molecule has 0 bridgehead atoms. The number of furan rings is 1. The molecule has 3 heterocycles. The van der Waals surface area contributed by atoms with Crippen molar-refractivity contribution in [1.82, 2.24) is 19.7 Å². The molecule has 0 spiro atoms. The van der Waals surface area contributed by atoms with Crippen LogP contribution >= 0.6 is 12.2 Å². The number of aromatic amines is 1. The normalized spacial score (nSPS) is 16.4. The first kappa shape index (κ1) is 16.7. The van der Waals surface area contributed by atoms with E-state index in [9.17, 15) is 4.79 Å². The second-order valence-electron chi connectivity index (χ2n) is 6.30. The van der Waals surface area contributed by atoms with Gasteiger partial charge >= 0.3 is 0 Å². The van der Waals surface area contributed by atoms with Gasteiger partial charge in [0.25, 0.3) is 0 Å². The van der Waals surface area contributed by atoms with Crippen molar-refractivity contribution < 1.29 is 9.21 Å². The smallest absolute Gasteiger partial charge is 0.246 e. The quantitative estimate of drug-likeness (QED) is 0.679. The monoisotopic (exact) mass is 346 g/mol. The first-order valence-corrected chi connectivity index (χ1v) is 8.64. The van der Waals surface area contributed by atoms with Crippen LogP contribution in [-0.4, -0.2) is 38.7 Å². The molecule has 6 nitrogen and oxygen atoms in total. The molecule has 1 fully saturated rings. The summed E-state index contributed by atoms with van der Waals surface area (Å²) in [6.45, 7) is 5.66. The number of amides is 1. The molecule has 1 N–H and O–H groups in total. The number of piperidine rings is 1. The molecule has 1 aliphatic heterocycles. The van der Waals surface area contributed by atoms with Crippen molar-refractivity contribution in [2.24, 2.45) is 0 Å². The molecule has 0 aliphatic carbocycles. The van der Waals surface area contributed by atoms with Gasteiger partial charge in [-0.15, -0.1) is 0 Å². The van der Waals surface area contributed by atoms with Gasteiger partial charge in [-0.25, -0.2) is 0 Å². The van der Waals surface area contributed by atoms with Crippen molar-refractivity contribution in [3.8, 4) is 0 Å². The van der Waals surface area contributed by atoms with E-state index in [1.807, 2.05) is 11.0 Å². The van der Waals surface area contributed by atoms with Gasteiger partial charge in [-0.2, -0.15) is 5.10 Å². The zero-order valence-electron chi connectivity index (χ0n) is 13.9. The van der Waals surface area contributed by atoms with Crippen LogP contribution in [0.4, 0.5) is 0 Å². The molecular formula is C17H22N4O2S. The van der Waals surface area contributed by atoms with E-state index in [2.05, 4.69) is 28.6 Å². The van der Waals surface area contributed by atoms with Gasteiger partial charge in [0.1, 0.15) is 11.6 Å². The van der Waals surface area contributed by atoms with Gasteiger partial charge in [-0.05, 0) is 57.1 Å². The van der Waals surface area contributed by atoms with Gasteiger partial charge in [0.05, 0.1) is 6.26 Å². The molecule has 7 heteroatoms. The van der Waals surface area contributed by atoms with Gasteiger partial charge in [-0.1, -0.05) is 0 Å². The van der Waals surface area contributed by atoms with Crippen LogP contribution in [-0.2, 0) is 4.79 Å². The van der Waals surface area contributed by atoms with Crippen LogP contribution in [0.5, 0.6) is 0 Å². The van der Waals surface area contributed by atoms with Gasteiger partial charge in [-0.3, -0.25) is 9.89 Å². The summed E-state index contributed by atoms with van der Waals surface area (Å²) in [7, 11) is 0. The van der Waals surface area contributed by atoms with Crippen molar-refractivity contribution in [2.75, 3.05) is 13.1 Å². The summed E-state index contributed by atoms with van der Waals surface area (Å²) in [6.07, 6.45) is 6.66. The summed E-state index contributed by atoms with van der Waals surface area (Å²) in [6, 6.07) is 3.91. The van der Waals surface area contributed by atoms with Crippen molar-refractivity contribution >= 4 is 24.2 Å². The van der Waals surface area contributed by atoms with E-state index in [0.717, 1.165) is 31.8 Å². The number of hydrogen-bond acceptors (Lipinski definition) is 4. The predicted octanol–water partition coefficient (Wildman–Crippen LogP) is 3.53. The number of rotatable bonds is 4. The number of nitrogens with one attached hydrogen (secondary N) is 1. The number of carbonyl (C=O) groups excluding carboxylic acids is 1. The second kappa shape index (κ2) is 7.17. The Balaban J connectivity index is 1.62. The van der Waals surface area contributed by atoms with E-state index in [1.54, 1.807) is 24.5 Å². The Hall–Kier alpha value is -2.15. The molecule has 0 unspecified atom stereocenters. The Kier molecular flexibility index (Phi) is 4.99. The van der Waals surface area contributed by atoms with E-state index in [1.165, 1.54) is 0 Å². The van der Waals surface area contributed by atoms with Gasteiger partial charge in [0.2, 0.25) is 5.91 Å². The van der Waals surface area contributed by atoms with Crippen LogP contribution in [0.1, 0.15) is 50.2 Å². The fraction of sp³-hybridized carbons (Fsp3) is 0.471. The maximum atomic E-state index is 12.3. The molecular weight excluding hydrogens is 324 g/mol. The van der Waals surface area contributed by atoms with Crippen molar-refractivity contribution in [3.63, 3.8) is 0 Å². The zero-order chi connectivity index (χ0) is 17.1. The molecule has 2 aromatic rings. The van der Waals surface area contributed by atoms with Crippen LogP contribution < -0.4 is 0 Å². The number of hydrogen-bond donors (Lipinski definition) is 1. The molecule has 128 valence electrons. The van der Waals surface area contributed by atoms with Crippen LogP contribution in [0.3, 0.4) is 0 Å². The van der Waals surface area contributed by atoms with Gasteiger partial charge < -0.3 is 13.9 Å². The summed E-state index contributed by atoms with van der Waals surface area (Å²) in [5.41, 5.74) is 0. The van der Waals surface area contributed by atoms with Crippen LogP contribution in [0.25, 0.3) is 6.08 Å². The molecule has 0 saturated carbocycles. The van der Waals surface area contributed by atoms with Crippen molar-refractivity contribution in [1.29, 1.82) is 0 Å². The molecule has 3 rings (SSSR count). The lowest BCUT2D eigenvalue weighted by Gasteiger charge is -2.31. The molecule has 1 amide bonds. The lowest BCUT2D eigenvalue weighted by atomic mass is 9.95. The number of carbonyl (C=O) groups is 1. The summed E-state index contributed by atoms with van der Waals surface area (Å²) < 4.78 is 7.95. The SMILES string of the molecule is CC(C)n1c(C2CCN(C(=O)C=Cc3ccco3)CC2)n[nH]c1=S. The minimum atomic E-state index is 0.0209. The first-order valence-electron chi connectivity index (χ1n) is 8.23. The molecule has 1 saturated heterocycles. The lowest BCUT2D eigenvalue weighted by molar-refractivity contribution is -0.127. The van der Waals surface area contributed by atoms with Crippen molar-refractivity contribution in [2.45, 2.75) is 38.6 Å². The number of aromatic nitrogens is 3. The van der Waals surface area contributed by atoms with Crippen LogP contribution in [0, 0.1) is 4.77 Å². The molecule has 1 aliphatic rings.